The van der Waals surface area contributed by atoms with Crippen LogP contribution in [0.5, 0.6) is 0 Å². The van der Waals surface area contributed by atoms with Crippen molar-refractivity contribution in [3.05, 3.63) is 58.6 Å². The summed E-state index contributed by atoms with van der Waals surface area (Å²) in [7, 11) is -4.20. The maximum atomic E-state index is 14.6. The zero-order valence-corrected chi connectivity index (χ0v) is 14.5. The van der Waals surface area contributed by atoms with Crippen LogP contribution >= 0.6 is 11.6 Å². The molecule has 0 spiro atoms. The highest BCUT2D eigenvalue weighted by Gasteiger charge is 2.25. The first-order chi connectivity index (χ1) is 11.2. The van der Waals surface area contributed by atoms with Gasteiger partial charge in [0.05, 0.1) is 11.0 Å². The van der Waals surface area contributed by atoms with Crippen LogP contribution in [0.3, 0.4) is 0 Å². The van der Waals surface area contributed by atoms with Crippen LogP contribution in [0.1, 0.15) is 25.3 Å². The summed E-state index contributed by atoms with van der Waals surface area (Å²) in [6, 6.07) is 6.89. The van der Waals surface area contributed by atoms with E-state index in [1.54, 1.807) is 6.92 Å². The number of benzene rings is 2. The van der Waals surface area contributed by atoms with Crippen LogP contribution in [0.15, 0.2) is 46.2 Å². The van der Waals surface area contributed by atoms with Gasteiger partial charge in [0.1, 0.15) is 16.5 Å². The van der Waals surface area contributed by atoms with Crippen molar-refractivity contribution in [2.45, 2.75) is 42.1 Å². The summed E-state index contributed by atoms with van der Waals surface area (Å²) in [6.45, 7) is 1.60. The molecule has 0 bridgehead atoms. The number of hydrogen-bond donors (Lipinski definition) is 1. The average Bonchev–Trinajstić information content (AvgIpc) is 2.50. The third kappa shape index (κ3) is 4.32. The predicted octanol–water partition coefficient (Wildman–Crippen LogP) is 4.15. The van der Waals surface area contributed by atoms with E-state index >= 15 is 0 Å². The van der Waals surface area contributed by atoms with Crippen molar-refractivity contribution in [3.63, 3.8) is 0 Å². The van der Waals surface area contributed by atoms with E-state index in [9.17, 15) is 22.3 Å². The number of aliphatic hydroxyl groups is 1. The fraction of sp³-hybridized carbons (Fsp3) is 0.294. The van der Waals surface area contributed by atoms with Crippen molar-refractivity contribution in [1.82, 2.24) is 0 Å². The van der Waals surface area contributed by atoms with Gasteiger partial charge in [-0.1, -0.05) is 11.6 Å². The number of aliphatic hydroxyl groups excluding tert-OH is 1. The van der Waals surface area contributed by atoms with E-state index in [1.807, 2.05) is 0 Å². The van der Waals surface area contributed by atoms with E-state index in [1.165, 1.54) is 24.3 Å². The van der Waals surface area contributed by atoms with Crippen molar-refractivity contribution >= 4 is 21.4 Å². The number of hydrogen-bond acceptors (Lipinski definition) is 3. The molecule has 1 unspecified atom stereocenters. The molecule has 0 fully saturated rings. The maximum absolute atomic E-state index is 14.6. The van der Waals surface area contributed by atoms with Crippen molar-refractivity contribution < 1.29 is 22.3 Å². The molecule has 1 atom stereocenters. The van der Waals surface area contributed by atoms with Gasteiger partial charge in [0.25, 0.3) is 0 Å². The largest absolute Gasteiger partial charge is 0.393 e. The van der Waals surface area contributed by atoms with Gasteiger partial charge in [-0.3, -0.25) is 0 Å². The fourth-order valence-corrected chi connectivity index (χ4v) is 3.83. The molecular weight excluding hydrogens is 358 g/mol. The first-order valence-electron chi connectivity index (χ1n) is 7.38. The van der Waals surface area contributed by atoms with Crippen LogP contribution in [0.25, 0.3) is 0 Å². The Bertz CT molecular complexity index is 818. The van der Waals surface area contributed by atoms with Crippen LogP contribution in [0, 0.1) is 11.6 Å². The standard InChI is InChI=1S/C17H17ClF2O3S/c1-11(21)3-2-4-12-9-14(19)10-16(17(12)20)24(22,23)15-7-5-13(18)6-8-15/h5-11,21H,2-4H2,1H3. The Morgan fingerprint density at radius 3 is 2.38 bits per heavy atom. The molecule has 2 aromatic rings. The third-order valence-corrected chi connectivity index (χ3v) is 5.58. The SMILES string of the molecule is CC(O)CCCc1cc(F)cc(S(=O)(=O)c2ccc(Cl)cc2)c1F. The minimum absolute atomic E-state index is 0.0248. The second kappa shape index (κ2) is 7.59. The van der Waals surface area contributed by atoms with E-state index in [-0.39, 0.29) is 16.9 Å². The second-order valence-electron chi connectivity index (χ2n) is 5.58. The number of sulfone groups is 1. The van der Waals surface area contributed by atoms with Gasteiger partial charge in [0.2, 0.25) is 9.84 Å². The van der Waals surface area contributed by atoms with Gasteiger partial charge in [0, 0.05) is 5.02 Å². The van der Waals surface area contributed by atoms with Gasteiger partial charge in [-0.2, -0.15) is 0 Å². The Morgan fingerprint density at radius 1 is 1.17 bits per heavy atom. The van der Waals surface area contributed by atoms with Crippen LogP contribution in [0.4, 0.5) is 8.78 Å². The molecule has 0 aliphatic heterocycles. The topological polar surface area (TPSA) is 54.4 Å². The first-order valence-corrected chi connectivity index (χ1v) is 9.24. The monoisotopic (exact) mass is 374 g/mol. The van der Waals surface area contributed by atoms with Crippen LogP contribution in [-0.4, -0.2) is 19.6 Å². The quantitative estimate of drug-likeness (QED) is 0.826. The van der Waals surface area contributed by atoms with Gasteiger partial charge in [-0.25, -0.2) is 17.2 Å². The molecule has 0 radical (unpaired) electrons. The Balaban J connectivity index is 2.42. The van der Waals surface area contributed by atoms with Gasteiger partial charge < -0.3 is 5.11 Å². The highest BCUT2D eigenvalue weighted by Crippen LogP contribution is 2.28. The van der Waals surface area contributed by atoms with Crippen LogP contribution in [0.2, 0.25) is 5.02 Å². The van der Waals surface area contributed by atoms with E-state index in [4.69, 9.17) is 11.6 Å². The summed E-state index contributed by atoms with van der Waals surface area (Å²) in [4.78, 5) is -0.858. The summed E-state index contributed by atoms with van der Waals surface area (Å²) in [5.74, 6) is -1.78. The van der Waals surface area contributed by atoms with E-state index in [2.05, 4.69) is 0 Å². The molecule has 0 saturated heterocycles. The molecule has 0 aliphatic rings. The lowest BCUT2D eigenvalue weighted by Gasteiger charge is -2.11. The van der Waals surface area contributed by atoms with E-state index < -0.39 is 32.5 Å². The lowest BCUT2D eigenvalue weighted by atomic mass is 10.1. The lowest BCUT2D eigenvalue weighted by Crippen LogP contribution is -2.08. The molecule has 0 aliphatic carbocycles. The molecule has 7 heteroatoms. The normalized spacial score (nSPS) is 13.0. The Morgan fingerprint density at radius 2 is 1.79 bits per heavy atom. The molecule has 0 aromatic heterocycles. The number of aryl methyl sites for hydroxylation is 1. The molecule has 2 rings (SSSR count). The van der Waals surface area contributed by atoms with Crippen molar-refractivity contribution in [3.8, 4) is 0 Å². The average molecular weight is 375 g/mol. The Kier molecular flexibility index (Phi) is 5.96. The summed E-state index contributed by atoms with van der Waals surface area (Å²) in [5, 5.41) is 9.57. The zero-order valence-electron chi connectivity index (χ0n) is 13.0. The molecule has 24 heavy (non-hydrogen) atoms. The fourth-order valence-electron chi connectivity index (χ4n) is 2.32. The third-order valence-electron chi connectivity index (χ3n) is 3.56. The molecule has 0 saturated carbocycles. The second-order valence-corrected chi connectivity index (χ2v) is 7.93. The molecule has 0 amide bonds. The number of halogens is 3. The summed E-state index contributed by atoms with van der Waals surface area (Å²) in [5.41, 5.74) is -0.0248. The van der Waals surface area contributed by atoms with Gasteiger partial charge in [0.15, 0.2) is 0 Å². The Hall–Kier alpha value is -1.50. The minimum atomic E-state index is -4.20. The smallest absolute Gasteiger partial charge is 0.209 e. The zero-order chi connectivity index (χ0) is 17.9. The minimum Gasteiger partial charge on any atom is -0.393 e. The van der Waals surface area contributed by atoms with Crippen molar-refractivity contribution in [2.75, 3.05) is 0 Å². The van der Waals surface area contributed by atoms with Crippen molar-refractivity contribution in [1.29, 1.82) is 0 Å². The van der Waals surface area contributed by atoms with Gasteiger partial charge in [-0.05, 0) is 68.1 Å². The summed E-state index contributed by atoms with van der Waals surface area (Å²) in [6.07, 6.45) is 0.407. The summed E-state index contributed by atoms with van der Waals surface area (Å²) < 4.78 is 53.5. The van der Waals surface area contributed by atoms with E-state index in [0.29, 0.717) is 23.9 Å². The van der Waals surface area contributed by atoms with Crippen LogP contribution in [-0.2, 0) is 16.3 Å². The van der Waals surface area contributed by atoms with E-state index in [0.717, 1.165) is 6.07 Å². The molecule has 1 N–H and O–H groups in total. The highest BCUT2D eigenvalue weighted by atomic mass is 35.5. The Labute approximate surface area is 144 Å². The van der Waals surface area contributed by atoms with Gasteiger partial charge in [-0.15, -0.1) is 0 Å². The predicted molar refractivity (Wildman–Crippen MR) is 87.9 cm³/mol. The molecule has 2 aromatic carbocycles. The molecule has 0 heterocycles. The van der Waals surface area contributed by atoms with Crippen molar-refractivity contribution in [2.24, 2.45) is 0 Å². The van der Waals surface area contributed by atoms with Crippen LogP contribution < -0.4 is 0 Å². The summed E-state index contributed by atoms with van der Waals surface area (Å²) >= 11 is 5.72. The highest BCUT2D eigenvalue weighted by molar-refractivity contribution is 7.91. The lowest BCUT2D eigenvalue weighted by molar-refractivity contribution is 0.181. The van der Waals surface area contributed by atoms with Gasteiger partial charge >= 0.3 is 0 Å². The maximum Gasteiger partial charge on any atom is 0.209 e. The molecule has 130 valence electrons. The first kappa shape index (κ1) is 18.8. The molecule has 3 nitrogen and oxygen atoms in total. The number of rotatable bonds is 6. The molecular formula is C17H17ClF2O3S.